The van der Waals surface area contributed by atoms with Crippen LogP contribution < -0.4 is 11.5 Å². The molecule has 5 N–H and O–H groups in total. The van der Waals surface area contributed by atoms with Crippen molar-refractivity contribution in [3.63, 3.8) is 0 Å². The molecule has 0 heterocycles. The van der Waals surface area contributed by atoms with Crippen molar-refractivity contribution in [2.24, 2.45) is 11.5 Å². The molecule has 0 radical (unpaired) electrons. The maximum atomic E-state index is 10.1. The minimum Gasteiger partial charge on any atom is -0.480 e. The Balaban J connectivity index is 3.55. The highest BCUT2D eigenvalue weighted by Crippen LogP contribution is 1.84. The van der Waals surface area contributed by atoms with Crippen LogP contribution in [0.3, 0.4) is 0 Å². The summed E-state index contributed by atoms with van der Waals surface area (Å²) in [6.07, 6.45) is 3.76. The molecule has 0 bridgehead atoms. The Hall–Kier alpha value is -0.870. The summed E-state index contributed by atoms with van der Waals surface area (Å²) in [6.45, 7) is 0.517. The molecule has 0 amide bonds. The van der Waals surface area contributed by atoms with Gasteiger partial charge in [-0.05, 0) is 13.0 Å². The van der Waals surface area contributed by atoms with Gasteiger partial charge in [-0.25, -0.2) is 0 Å². The highest BCUT2D eigenvalue weighted by Gasteiger charge is 2.04. The third kappa shape index (κ3) is 4.05. The van der Waals surface area contributed by atoms with Gasteiger partial charge in [0.25, 0.3) is 0 Å². The van der Waals surface area contributed by atoms with Gasteiger partial charge in [0, 0.05) is 0 Å². The van der Waals surface area contributed by atoms with E-state index in [4.69, 9.17) is 16.6 Å². The summed E-state index contributed by atoms with van der Waals surface area (Å²) in [6, 6.07) is -0.897. The maximum absolute atomic E-state index is 10.1. The predicted octanol–water partition coefficient (Wildman–Crippen LogP) is -0.697. The standard InChI is InChI=1S/C6H12N2O2/c7-4-2-1-3-5(8)6(9)10/h1,3,5H,2,4,7-8H2,(H,9,10)/b3-1+. The maximum Gasteiger partial charge on any atom is 0.324 e. The first-order chi connectivity index (χ1) is 4.68. The van der Waals surface area contributed by atoms with Crippen molar-refractivity contribution in [1.29, 1.82) is 0 Å². The lowest BCUT2D eigenvalue weighted by molar-refractivity contribution is -0.137. The van der Waals surface area contributed by atoms with Crippen molar-refractivity contribution in [2.45, 2.75) is 12.5 Å². The average Bonchev–Trinajstić information content (AvgIpc) is 1.88. The van der Waals surface area contributed by atoms with E-state index in [2.05, 4.69) is 0 Å². The lowest BCUT2D eigenvalue weighted by atomic mass is 10.2. The molecule has 0 aliphatic heterocycles. The van der Waals surface area contributed by atoms with Gasteiger partial charge in [0.15, 0.2) is 0 Å². The van der Waals surface area contributed by atoms with Crippen LogP contribution in [0, 0.1) is 0 Å². The van der Waals surface area contributed by atoms with E-state index >= 15 is 0 Å². The SMILES string of the molecule is NCC/C=C/C(N)C(=O)O. The molecule has 4 heteroatoms. The first-order valence-corrected chi connectivity index (χ1v) is 3.03. The first-order valence-electron chi connectivity index (χ1n) is 3.03. The number of aliphatic carboxylic acids is 1. The molecular formula is C6H12N2O2. The Labute approximate surface area is 59.5 Å². The van der Waals surface area contributed by atoms with E-state index in [0.717, 1.165) is 0 Å². The van der Waals surface area contributed by atoms with Crippen LogP contribution in [0.15, 0.2) is 12.2 Å². The van der Waals surface area contributed by atoms with Gasteiger partial charge in [0.2, 0.25) is 0 Å². The molecule has 0 aromatic heterocycles. The summed E-state index contributed by atoms with van der Waals surface area (Å²) in [5.41, 5.74) is 10.3. The third-order valence-corrected chi connectivity index (χ3v) is 0.962. The first kappa shape index (κ1) is 9.13. The Bertz CT molecular complexity index is 134. The summed E-state index contributed by atoms with van der Waals surface area (Å²) in [4.78, 5) is 10.1. The van der Waals surface area contributed by atoms with Crippen molar-refractivity contribution in [1.82, 2.24) is 0 Å². The molecular weight excluding hydrogens is 132 g/mol. The second kappa shape index (κ2) is 4.96. The smallest absolute Gasteiger partial charge is 0.324 e. The largest absolute Gasteiger partial charge is 0.480 e. The zero-order valence-corrected chi connectivity index (χ0v) is 5.66. The van der Waals surface area contributed by atoms with E-state index in [1.165, 1.54) is 6.08 Å². The fraction of sp³-hybridized carbons (Fsp3) is 0.500. The topological polar surface area (TPSA) is 89.3 Å². The van der Waals surface area contributed by atoms with Crippen molar-refractivity contribution in [2.75, 3.05) is 6.54 Å². The quantitative estimate of drug-likeness (QED) is 0.455. The summed E-state index contributed by atoms with van der Waals surface area (Å²) in [5.74, 6) is -1.02. The molecule has 0 spiro atoms. The summed E-state index contributed by atoms with van der Waals surface area (Å²) < 4.78 is 0. The number of carboxylic acids is 1. The number of nitrogens with two attached hydrogens (primary N) is 2. The van der Waals surface area contributed by atoms with Crippen LogP contribution in [0.4, 0.5) is 0 Å². The lowest BCUT2D eigenvalue weighted by Gasteiger charge is -1.96. The predicted molar refractivity (Wildman–Crippen MR) is 38.4 cm³/mol. The second-order valence-corrected chi connectivity index (χ2v) is 1.87. The van der Waals surface area contributed by atoms with Gasteiger partial charge in [-0.3, -0.25) is 4.79 Å². The van der Waals surface area contributed by atoms with E-state index < -0.39 is 12.0 Å². The molecule has 0 saturated heterocycles. The number of carbonyl (C=O) groups is 1. The zero-order valence-electron chi connectivity index (χ0n) is 5.66. The summed E-state index contributed by atoms with van der Waals surface area (Å²) in [5, 5.41) is 8.27. The number of hydrogen-bond acceptors (Lipinski definition) is 3. The van der Waals surface area contributed by atoms with Crippen molar-refractivity contribution in [3.05, 3.63) is 12.2 Å². The van der Waals surface area contributed by atoms with Crippen molar-refractivity contribution >= 4 is 5.97 Å². The van der Waals surface area contributed by atoms with Crippen molar-refractivity contribution < 1.29 is 9.90 Å². The van der Waals surface area contributed by atoms with Crippen LogP contribution in [0.2, 0.25) is 0 Å². The minimum atomic E-state index is -1.02. The van der Waals surface area contributed by atoms with Crippen LogP contribution in [0.5, 0.6) is 0 Å². The van der Waals surface area contributed by atoms with E-state index in [1.54, 1.807) is 6.08 Å². The molecule has 0 aliphatic carbocycles. The summed E-state index contributed by atoms with van der Waals surface area (Å²) in [7, 11) is 0. The fourth-order valence-electron chi connectivity index (χ4n) is 0.421. The van der Waals surface area contributed by atoms with Crippen LogP contribution in [-0.2, 0) is 4.79 Å². The van der Waals surface area contributed by atoms with Crippen LogP contribution in [-0.4, -0.2) is 23.7 Å². The molecule has 0 saturated carbocycles. The number of hydrogen-bond donors (Lipinski definition) is 3. The Morgan fingerprint density at radius 1 is 1.70 bits per heavy atom. The van der Waals surface area contributed by atoms with Gasteiger partial charge >= 0.3 is 5.97 Å². The fourth-order valence-corrected chi connectivity index (χ4v) is 0.421. The van der Waals surface area contributed by atoms with Gasteiger partial charge < -0.3 is 16.6 Å². The zero-order chi connectivity index (χ0) is 7.98. The van der Waals surface area contributed by atoms with Crippen LogP contribution in [0.25, 0.3) is 0 Å². The number of rotatable bonds is 4. The molecule has 1 unspecified atom stereocenters. The normalized spacial score (nSPS) is 13.8. The highest BCUT2D eigenvalue weighted by molar-refractivity contribution is 5.75. The lowest BCUT2D eigenvalue weighted by Crippen LogP contribution is -2.27. The molecule has 0 fully saturated rings. The van der Waals surface area contributed by atoms with Crippen LogP contribution >= 0.6 is 0 Å². The molecule has 0 rings (SSSR count). The number of carboxylic acid groups (broad SMARTS) is 1. The molecule has 58 valence electrons. The summed E-state index contributed by atoms with van der Waals surface area (Å²) >= 11 is 0. The van der Waals surface area contributed by atoms with E-state index in [1.807, 2.05) is 0 Å². The average molecular weight is 144 g/mol. The van der Waals surface area contributed by atoms with Gasteiger partial charge in [-0.2, -0.15) is 0 Å². The van der Waals surface area contributed by atoms with Gasteiger partial charge in [-0.15, -0.1) is 0 Å². The highest BCUT2D eigenvalue weighted by atomic mass is 16.4. The van der Waals surface area contributed by atoms with E-state index in [9.17, 15) is 4.79 Å². The van der Waals surface area contributed by atoms with Gasteiger partial charge in [0.1, 0.15) is 6.04 Å². The van der Waals surface area contributed by atoms with E-state index in [0.29, 0.717) is 13.0 Å². The minimum absolute atomic E-state index is 0.517. The Morgan fingerprint density at radius 2 is 2.30 bits per heavy atom. The van der Waals surface area contributed by atoms with Gasteiger partial charge in [0.05, 0.1) is 0 Å². The molecule has 4 nitrogen and oxygen atoms in total. The van der Waals surface area contributed by atoms with Crippen molar-refractivity contribution in [3.8, 4) is 0 Å². The monoisotopic (exact) mass is 144 g/mol. The van der Waals surface area contributed by atoms with Crippen LogP contribution in [0.1, 0.15) is 6.42 Å². The Morgan fingerprint density at radius 3 is 2.70 bits per heavy atom. The third-order valence-electron chi connectivity index (χ3n) is 0.962. The van der Waals surface area contributed by atoms with E-state index in [-0.39, 0.29) is 0 Å². The Kier molecular flexibility index (Phi) is 4.53. The molecule has 10 heavy (non-hydrogen) atoms. The molecule has 0 aromatic rings. The molecule has 1 atom stereocenters. The van der Waals surface area contributed by atoms with Gasteiger partial charge in [-0.1, -0.05) is 12.2 Å². The molecule has 0 aromatic carbocycles. The molecule has 0 aliphatic rings. The second-order valence-electron chi connectivity index (χ2n) is 1.87.